The third-order valence-electron chi connectivity index (χ3n) is 2.95. The standard InChI is InChI=1S/C13H7ClN6/c14-11-3-4-12-17-18-13(20(12)19-11)10-2-1-8-7-15-6-5-9(8)16-10/h1-7H. The van der Waals surface area contributed by atoms with E-state index in [1.54, 1.807) is 29.0 Å². The smallest absolute Gasteiger partial charge is 0.203 e. The van der Waals surface area contributed by atoms with Crippen LogP contribution in [0.5, 0.6) is 0 Å². The van der Waals surface area contributed by atoms with Gasteiger partial charge in [0.25, 0.3) is 0 Å². The van der Waals surface area contributed by atoms with Crippen molar-refractivity contribution in [3.63, 3.8) is 0 Å². The summed E-state index contributed by atoms with van der Waals surface area (Å²) in [6, 6.07) is 9.09. The van der Waals surface area contributed by atoms with E-state index in [1.165, 1.54) is 0 Å². The van der Waals surface area contributed by atoms with Crippen molar-refractivity contribution < 1.29 is 0 Å². The number of nitrogens with zero attached hydrogens (tertiary/aromatic N) is 6. The Kier molecular flexibility index (Phi) is 2.37. The van der Waals surface area contributed by atoms with E-state index in [2.05, 4.69) is 25.3 Å². The molecule has 96 valence electrons. The van der Waals surface area contributed by atoms with Gasteiger partial charge in [-0.3, -0.25) is 4.98 Å². The van der Waals surface area contributed by atoms with Crippen molar-refractivity contribution in [1.82, 2.24) is 29.8 Å². The summed E-state index contributed by atoms with van der Waals surface area (Å²) in [5.74, 6) is 0.557. The lowest BCUT2D eigenvalue weighted by molar-refractivity contribution is 0.931. The minimum absolute atomic E-state index is 0.378. The quantitative estimate of drug-likeness (QED) is 0.536. The average Bonchev–Trinajstić information content (AvgIpc) is 2.89. The first kappa shape index (κ1) is 11.2. The summed E-state index contributed by atoms with van der Waals surface area (Å²) in [6.07, 6.45) is 3.47. The van der Waals surface area contributed by atoms with Gasteiger partial charge in [-0.05, 0) is 30.3 Å². The highest BCUT2D eigenvalue weighted by Gasteiger charge is 2.11. The second kappa shape index (κ2) is 4.21. The Morgan fingerprint density at radius 3 is 2.90 bits per heavy atom. The molecule has 0 aliphatic heterocycles. The molecule has 0 N–H and O–H groups in total. The van der Waals surface area contributed by atoms with Crippen molar-refractivity contribution in [3.8, 4) is 11.5 Å². The van der Waals surface area contributed by atoms with E-state index in [0.717, 1.165) is 10.9 Å². The molecule has 4 aromatic heterocycles. The molecule has 0 fully saturated rings. The molecule has 20 heavy (non-hydrogen) atoms. The molecule has 4 aromatic rings. The Morgan fingerprint density at radius 1 is 1.00 bits per heavy atom. The van der Waals surface area contributed by atoms with Crippen molar-refractivity contribution in [2.45, 2.75) is 0 Å². The zero-order chi connectivity index (χ0) is 13.5. The molecule has 0 aromatic carbocycles. The van der Waals surface area contributed by atoms with E-state index in [1.807, 2.05) is 18.2 Å². The molecule has 0 spiro atoms. The van der Waals surface area contributed by atoms with Gasteiger partial charge in [-0.1, -0.05) is 11.6 Å². The Bertz CT molecular complexity index is 932. The Labute approximate surface area is 118 Å². The van der Waals surface area contributed by atoms with Crippen LogP contribution in [-0.2, 0) is 0 Å². The SMILES string of the molecule is Clc1ccc2nnc(-c3ccc4cnccc4n3)n2n1. The van der Waals surface area contributed by atoms with Crippen LogP contribution < -0.4 is 0 Å². The van der Waals surface area contributed by atoms with Crippen LogP contribution in [0.3, 0.4) is 0 Å². The molecule has 6 nitrogen and oxygen atoms in total. The van der Waals surface area contributed by atoms with Gasteiger partial charge in [-0.2, -0.15) is 9.61 Å². The van der Waals surface area contributed by atoms with Gasteiger partial charge in [-0.15, -0.1) is 10.2 Å². The number of hydrogen-bond donors (Lipinski definition) is 0. The molecule has 0 bridgehead atoms. The summed E-state index contributed by atoms with van der Waals surface area (Å²) < 4.78 is 1.58. The zero-order valence-electron chi connectivity index (χ0n) is 10.1. The van der Waals surface area contributed by atoms with Gasteiger partial charge >= 0.3 is 0 Å². The minimum Gasteiger partial charge on any atom is -0.264 e. The monoisotopic (exact) mass is 282 g/mol. The van der Waals surface area contributed by atoms with E-state index >= 15 is 0 Å². The second-order valence-electron chi connectivity index (χ2n) is 4.21. The molecule has 0 atom stereocenters. The molecule has 0 saturated heterocycles. The van der Waals surface area contributed by atoms with Crippen LogP contribution >= 0.6 is 11.6 Å². The number of hydrogen-bond acceptors (Lipinski definition) is 5. The maximum Gasteiger partial charge on any atom is 0.203 e. The lowest BCUT2D eigenvalue weighted by Gasteiger charge is -2.01. The van der Waals surface area contributed by atoms with E-state index in [4.69, 9.17) is 11.6 Å². The largest absolute Gasteiger partial charge is 0.264 e. The Balaban J connectivity index is 1.98. The average molecular weight is 283 g/mol. The summed E-state index contributed by atoms with van der Waals surface area (Å²) in [7, 11) is 0. The molecular weight excluding hydrogens is 276 g/mol. The first-order valence-corrected chi connectivity index (χ1v) is 6.28. The summed E-state index contributed by atoms with van der Waals surface area (Å²) in [6.45, 7) is 0. The minimum atomic E-state index is 0.378. The Hall–Kier alpha value is -2.60. The third kappa shape index (κ3) is 1.70. The topological polar surface area (TPSA) is 68.9 Å². The normalized spacial score (nSPS) is 11.2. The van der Waals surface area contributed by atoms with E-state index < -0.39 is 0 Å². The molecule has 0 aliphatic rings. The number of aromatic nitrogens is 6. The molecular formula is C13H7ClN6. The zero-order valence-corrected chi connectivity index (χ0v) is 10.9. The molecule has 7 heteroatoms. The number of halogens is 1. The van der Waals surface area contributed by atoms with Crippen LogP contribution in [0.2, 0.25) is 5.15 Å². The maximum atomic E-state index is 5.91. The van der Waals surface area contributed by atoms with Crippen molar-refractivity contribution in [2.24, 2.45) is 0 Å². The van der Waals surface area contributed by atoms with Crippen LogP contribution in [0.1, 0.15) is 0 Å². The summed E-state index contributed by atoms with van der Waals surface area (Å²) >= 11 is 5.91. The number of pyridine rings is 2. The first-order valence-electron chi connectivity index (χ1n) is 5.90. The van der Waals surface area contributed by atoms with E-state index in [0.29, 0.717) is 22.3 Å². The summed E-state index contributed by atoms with van der Waals surface area (Å²) in [5.41, 5.74) is 2.16. The third-order valence-corrected chi connectivity index (χ3v) is 3.15. The summed E-state index contributed by atoms with van der Waals surface area (Å²) in [5, 5.41) is 13.7. The van der Waals surface area contributed by atoms with Crippen LogP contribution in [0.4, 0.5) is 0 Å². The van der Waals surface area contributed by atoms with E-state index in [9.17, 15) is 0 Å². The number of rotatable bonds is 1. The first-order chi connectivity index (χ1) is 9.81. The lowest BCUT2D eigenvalue weighted by Crippen LogP contribution is -1.96. The van der Waals surface area contributed by atoms with Crippen molar-refractivity contribution in [1.29, 1.82) is 0 Å². The molecule has 0 radical (unpaired) electrons. The van der Waals surface area contributed by atoms with Gasteiger partial charge in [-0.25, -0.2) is 4.98 Å². The Morgan fingerprint density at radius 2 is 1.95 bits per heavy atom. The fourth-order valence-corrected chi connectivity index (χ4v) is 2.15. The van der Waals surface area contributed by atoms with Gasteiger partial charge < -0.3 is 0 Å². The highest BCUT2D eigenvalue weighted by atomic mass is 35.5. The molecule has 4 heterocycles. The van der Waals surface area contributed by atoms with Crippen molar-refractivity contribution in [3.05, 3.63) is 47.9 Å². The fourth-order valence-electron chi connectivity index (χ4n) is 2.02. The lowest BCUT2D eigenvalue weighted by atomic mass is 10.2. The second-order valence-corrected chi connectivity index (χ2v) is 4.60. The van der Waals surface area contributed by atoms with Crippen molar-refractivity contribution >= 4 is 28.2 Å². The van der Waals surface area contributed by atoms with Crippen LogP contribution in [0, 0.1) is 0 Å². The molecule has 4 rings (SSSR count). The summed E-state index contributed by atoms with van der Waals surface area (Å²) in [4.78, 5) is 8.61. The number of fused-ring (bicyclic) bond motifs is 2. The highest BCUT2D eigenvalue weighted by Crippen LogP contribution is 2.19. The van der Waals surface area contributed by atoms with Gasteiger partial charge in [0.05, 0.1) is 5.52 Å². The van der Waals surface area contributed by atoms with Gasteiger partial charge in [0.2, 0.25) is 5.82 Å². The fraction of sp³-hybridized carbons (Fsp3) is 0. The van der Waals surface area contributed by atoms with Crippen LogP contribution in [0.15, 0.2) is 42.7 Å². The van der Waals surface area contributed by atoms with Gasteiger partial charge in [0, 0.05) is 17.8 Å². The van der Waals surface area contributed by atoms with Crippen molar-refractivity contribution in [2.75, 3.05) is 0 Å². The highest BCUT2D eigenvalue weighted by molar-refractivity contribution is 6.29. The van der Waals surface area contributed by atoms with E-state index in [-0.39, 0.29) is 0 Å². The predicted molar refractivity (Wildman–Crippen MR) is 74.3 cm³/mol. The van der Waals surface area contributed by atoms with Gasteiger partial charge in [0.15, 0.2) is 5.65 Å². The predicted octanol–water partition coefficient (Wildman–Crippen LogP) is 2.39. The molecule has 0 aliphatic carbocycles. The molecule has 0 saturated carbocycles. The van der Waals surface area contributed by atoms with Gasteiger partial charge in [0.1, 0.15) is 10.8 Å². The van der Waals surface area contributed by atoms with Crippen LogP contribution in [-0.4, -0.2) is 29.8 Å². The molecule has 0 unspecified atom stereocenters. The van der Waals surface area contributed by atoms with Crippen LogP contribution in [0.25, 0.3) is 28.1 Å². The molecule has 0 amide bonds. The maximum absolute atomic E-state index is 5.91.